The average Bonchev–Trinajstić information content (AvgIpc) is 3.45. The standard InChI is InChI=1S/C29H36N2O2/c1-22-10-8-12-24(18-22)21-33-17-7-4-14-27-26(29(32)31-15-5-6-16-31)20-28(30(27)3)25-13-9-11-23(2)19-25/h8-13,18-20H,4-7,14-17,21H2,1-3H3. The topological polar surface area (TPSA) is 34.5 Å². The van der Waals surface area contributed by atoms with Crippen LogP contribution in [-0.4, -0.2) is 35.1 Å². The molecule has 0 saturated carbocycles. The molecule has 2 aromatic carbocycles. The first-order valence-corrected chi connectivity index (χ1v) is 12.2. The average molecular weight is 445 g/mol. The van der Waals surface area contributed by atoms with E-state index in [0.717, 1.165) is 68.8 Å². The Balaban J connectivity index is 1.43. The molecule has 0 unspecified atom stereocenters. The third-order valence-corrected chi connectivity index (χ3v) is 6.60. The second-order valence-corrected chi connectivity index (χ2v) is 9.32. The number of nitrogens with zero attached hydrogens (tertiary/aromatic N) is 2. The minimum Gasteiger partial charge on any atom is -0.377 e. The van der Waals surface area contributed by atoms with Gasteiger partial charge in [0.25, 0.3) is 5.91 Å². The summed E-state index contributed by atoms with van der Waals surface area (Å²) in [6.45, 7) is 7.36. The van der Waals surface area contributed by atoms with Crippen molar-refractivity contribution in [2.45, 2.75) is 52.6 Å². The lowest BCUT2D eigenvalue weighted by atomic mass is 10.1. The number of ether oxygens (including phenoxy) is 1. The number of hydrogen-bond acceptors (Lipinski definition) is 2. The van der Waals surface area contributed by atoms with Gasteiger partial charge in [-0.3, -0.25) is 4.79 Å². The quantitative estimate of drug-likeness (QED) is 0.375. The molecule has 0 aliphatic carbocycles. The lowest BCUT2D eigenvalue weighted by Gasteiger charge is -2.16. The predicted octanol–water partition coefficient (Wildman–Crippen LogP) is 6.08. The van der Waals surface area contributed by atoms with Crippen molar-refractivity contribution < 1.29 is 9.53 Å². The van der Waals surface area contributed by atoms with Crippen LogP contribution in [0.4, 0.5) is 0 Å². The highest BCUT2D eigenvalue weighted by atomic mass is 16.5. The van der Waals surface area contributed by atoms with Gasteiger partial charge in [-0.25, -0.2) is 0 Å². The Morgan fingerprint density at radius 2 is 1.67 bits per heavy atom. The Bertz CT molecular complexity index is 1090. The van der Waals surface area contributed by atoms with Crippen LogP contribution in [0.3, 0.4) is 0 Å². The van der Waals surface area contributed by atoms with Gasteiger partial charge in [-0.2, -0.15) is 0 Å². The summed E-state index contributed by atoms with van der Waals surface area (Å²) in [5, 5.41) is 0. The SMILES string of the molecule is Cc1cccc(COCCCCc2c(C(=O)N3CCCC3)cc(-c3cccc(C)c3)n2C)c1. The monoisotopic (exact) mass is 444 g/mol. The number of benzene rings is 2. The van der Waals surface area contributed by atoms with E-state index in [0.29, 0.717) is 6.61 Å². The number of aryl methyl sites for hydroxylation is 2. The van der Waals surface area contributed by atoms with Gasteiger partial charge in [0.1, 0.15) is 0 Å². The molecule has 0 atom stereocenters. The number of aromatic nitrogens is 1. The molecule has 0 bridgehead atoms. The van der Waals surface area contributed by atoms with Crippen LogP contribution in [0.15, 0.2) is 54.6 Å². The molecule has 1 saturated heterocycles. The molecule has 174 valence electrons. The summed E-state index contributed by atoms with van der Waals surface area (Å²) in [6.07, 6.45) is 5.08. The van der Waals surface area contributed by atoms with Gasteiger partial charge in [-0.1, -0.05) is 53.6 Å². The first kappa shape index (κ1) is 23.3. The zero-order chi connectivity index (χ0) is 23.2. The van der Waals surface area contributed by atoms with E-state index in [4.69, 9.17) is 4.74 Å². The summed E-state index contributed by atoms with van der Waals surface area (Å²) in [5.41, 5.74) is 8.01. The molecule has 1 amide bonds. The molecule has 3 aromatic rings. The molecule has 1 aliphatic heterocycles. The molecule has 1 aromatic heterocycles. The van der Waals surface area contributed by atoms with Gasteiger partial charge < -0.3 is 14.2 Å². The zero-order valence-electron chi connectivity index (χ0n) is 20.3. The summed E-state index contributed by atoms with van der Waals surface area (Å²) < 4.78 is 8.14. The summed E-state index contributed by atoms with van der Waals surface area (Å²) >= 11 is 0. The summed E-state index contributed by atoms with van der Waals surface area (Å²) in [6, 6.07) is 19.1. The molecular weight excluding hydrogens is 408 g/mol. The third kappa shape index (κ3) is 5.75. The van der Waals surface area contributed by atoms with Crippen LogP contribution in [0.2, 0.25) is 0 Å². The summed E-state index contributed by atoms with van der Waals surface area (Å²) in [7, 11) is 2.10. The first-order valence-electron chi connectivity index (χ1n) is 12.2. The number of carbonyl (C=O) groups excluding carboxylic acids is 1. The molecule has 1 fully saturated rings. The second kappa shape index (κ2) is 10.8. The molecule has 1 aliphatic rings. The van der Waals surface area contributed by atoms with Crippen molar-refractivity contribution in [3.8, 4) is 11.3 Å². The number of unbranched alkanes of at least 4 members (excludes halogenated alkanes) is 1. The largest absolute Gasteiger partial charge is 0.377 e. The van der Waals surface area contributed by atoms with Crippen LogP contribution in [-0.2, 0) is 24.8 Å². The normalized spacial score (nSPS) is 13.6. The smallest absolute Gasteiger partial charge is 0.255 e. The van der Waals surface area contributed by atoms with Gasteiger partial charge in [0.05, 0.1) is 12.2 Å². The van der Waals surface area contributed by atoms with Crippen molar-refractivity contribution in [2.24, 2.45) is 7.05 Å². The fraction of sp³-hybridized carbons (Fsp3) is 0.414. The van der Waals surface area contributed by atoms with Gasteiger partial charge in [0.15, 0.2) is 0 Å². The lowest BCUT2D eigenvalue weighted by molar-refractivity contribution is 0.0791. The van der Waals surface area contributed by atoms with Crippen LogP contribution in [0.25, 0.3) is 11.3 Å². The van der Waals surface area contributed by atoms with Crippen LogP contribution in [0.5, 0.6) is 0 Å². The Kier molecular flexibility index (Phi) is 7.66. The zero-order valence-corrected chi connectivity index (χ0v) is 20.3. The fourth-order valence-electron chi connectivity index (χ4n) is 4.79. The van der Waals surface area contributed by atoms with Crippen LogP contribution in [0, 0.1) is 13.8 Å². The molecule has 4 heteroatoms. The van der Waals surface area contributed by atoms with Crippen LogP contribution >= 0.6 is 0 Å². The molecule has 0 spiro atoms. The van der Waals surface area contributed by atoms with Crippen molar-refractivity contribution in [3.63, 3.8) is 0 Å². The Morgan fingerprint density at radius 1 is 0.939 bits per heavy atom. The van der Waals surface area contributed by atoms with E-state index in [2.05, 4.69) is 80.1 Å². The van der Waals surface area contributed by atoms with Crippen molar-refractivity contribution >= 4 is 5.91 Å². The maximum Gasteiger partial charge on any atom is 0.255 e. The third-order valence-electron chi connectivity index (χ3n) is 6.60. The van der Waals surface area contributed by atoms with E-state index in [-0.39, 0.29) is 5.91 Å². The Hall–Kier alpha value is -2.85. The Morgan fingerprint density at radius 3 is 2.39 bits per heavy atom. The fourth-order valence-corrected chi connectivity index (χ4v) is 4.79. The lowest BCUT2D eigenvalue weighted by Crippen LogP contribution is -2.28. The maximum absolute atomic E-state index is 13.3. The predicted molar refractivity (Wildman–Crippen MR) is 134 cm³/mol. The van der Waals surface area contributed by atoms with E-state index in [1.165, 1.54) is 22.3 Å². The summed E-state index contributed by atoms with van der Waals surface area (Å²) in [4.78, 5) is 15.4. The Labute approximate surface area is 198 Å². The number of likely N-dealkylation sites (tertiary alicyclic amines) is 1. The molecule has 2 heterocycles. The minimum atomic E-state index is 0.188. The highest BCUT2D eigenvalue weighted by molar-refractivity contribution is 5.97. The van der Waals surface area contributed by atoms with Gasteiger partial charge in [-0.05, 0) is 69.2 Å². The minimum absolute atomic E-state index is 0.188. The highest BCUT2D eigenvalue weighted by Crippen LogP contribution is 2.29. The number of carbonyl (C=O) groups is 1. The first-order chi connectivity index (χ1) is 16.0. The van der Waals surface area contributed by atoms with E-state index in [1.807, 2.05) is 4.90 Å². The van der Waals surface area contributed by atoms with Gasteiger partial charge in [-0.15, -0.1) is 0 Å². The highest BCUT2D eigenvalue weighted by Gasteiger charge is 2.25. The van der Waals surface area contributed by atoms with Crippen molar-refractivity contribution in [1.82, 2.24) is 9.47 Å². The van der Waals surface area contributed by atoms with E-state index in [9.17, 15) is 4.79 Å². The van der Waals surface area contributed by atoms with E-state index in [1.54, 1.807) is 0 Å². The molecule has 4 nitrogen and oxygen atoms in total. The van der Waals surface area contributed by atoms with Crippen molar-refractivity contribution in [3.05, 3.63) is 82.5 Å². The maximum atomic E-state index is 13.3. The number of amides is 1. The number of hydrogen-bond donors (Lipinski definition) is 0. The van der Waals surface area contributed by atoms with E-state index >= 15 is 0 Å². The molecule has 4 rings (SSSR count). The van der Waals surface area contributed by atoms with Gasteiger partial charge in [0.2, 0.25) is 0 Å². The summed E-state index contributed by atoms with van der Waals surface area (Å²) in [5.74, 6) is 0.188. The second-order valence-electron chi connectivity index (χ2n) is 9.32. The van der Waals surface area contributed by atoms with Crippen LogP contribution < -0.4 is 0 Å². The van der Waals surface area contributed by atoms with Crippen molar-refractivity contribution in [2.75, 3.05) is 19.7 Å². The van der Waals surface area contributed by atoms with Crippen LogP contribution in [0.1, 0.15) is 58.4 Å². The molecule has 0 radical (unpaired) electrons. The van der Waals surface area contributed by atoms with Gasteiger partial charge >= 0.3 is 0 Å². The number of rotatable bonds is 9. The van der Waals surface area contributed by atoms with Gasteiger partial charge in [0, 0.05) is 38.1 Å². The van der Waals surface area contributed by atoms with Crippen molar-refractivity contribution in [1.29, 1.82) is 0 Å². The van der Waals surface area contributed by atoms with E-state index < -0.39 is 0 Å². The molecule has 33 heavy (non-hydrogen) atoms. The molecule has 0 N–H and O–H groups in total. The molecular formula is C29H36N2O2.